The summed E-state index contributed by atoms with van der Waals surface area (Å²) in [5.41, 5.74) is 1.41. The highest BCUT2D eigenvalue weighted by atomic mass is 19.1. The number of carbonyl (C=O) groups is 2. The maximum atomic E-state index is 13.0. The Morgan fingerprint density at radius 3 is 2.62 bits per heavy atom. The van der Waals surface area contributed by atoms with Gasteiger partial charge in [-0.05, 0) is 35.9 Å². The van der Waals surface area contributed by atoms with Crippen LogP contribution in [0, 0.1) is 5.82 Å². The van der Waals surface area contributed by atoms with Crippen molar-refractivity contribution in [2.24, 2.45) is 0 Å². The summed E-state index contributed by atoms with van der Waals surface area (Å²) in [4.78, 5) is 23.3. The first-order valence-electron chi connectivity index (χ1n) is 6.31. The lowest BCUT2D eigenvalue weighted by atomic mass is 10.1. The number of nitrogens with one attached hydrogen (secondary N) is 1. The van der Waals surface area contributed by atoms with E-state index in [1.807, 2.05) is 0 Å². The lowest BCUT2D eigenvalue weighted by Crippen LogP contribution is -2.15. The van der Waals surface area contributed by atoms with Crippen LogP contribution in [0.15, 0.2) is 48.5 Å². The van der Waals surface area contributed by atoms with Crippen molar-refractivity contribution >= 4 is 17.6 Å². The second-order valence-electron chi connectivity index (χ2n) is 4.43. The Labute approximate surface area is 121 Å². The van der Waals surface area contributed by atoms with Gasteiger partial charge in [0.05, 0.1) is 19.1 Å². The Morgan fingerprint density at radius 2 is 1.90 bits per heavy atom. The fraction of sp³-hybridized carbons (Fsp3) is 0.125. The molecule has 1 amide bonds. The number of ether oxygens (including phenoxy) is 1. The van der Waals surface area contributed by atoms with Gasteiger partial charge in [-0.15, -0.1) is 0 Å². The molecule has 0 saturated carbocycles. The van der Waals surface area contributed by atoms with Crippen LogP contribution in [0.25, 0.3) is 0 Å². The predicted molar refractivity (Wildman–Crippen MR) is 76.5 cm³/mol. The summed E-state index contributed by atoms with van der Waals surface area (Å²) in [7, 11) is 1.29. The van der Waals surface area contributed by atoms with E-state index >= 15 is 0 Å². The topological polar surface area (TPSA) is 55.4 Å². The third-order valence-electron chi connectivity index (χ3n) is 2.82. The van der Waals surface area contributed by atoms with Gasteiger partial charge in [0.25, 0.3) is 0 Å². The molecule has 0 atom stereocenters. The number of amides is 1. The van der Waals surface area contributed by atoms with Gasteiger partial charge in [-0.25, -0.2) is 9.18 Å². The van der Waals surface area contributed by atoms with Gasteiger partial charge in [0.15, 0.2) is 0 Å². The molecule has 21 heavy (non-hydrogen) atoms. The van der Waals surface area contributed by atoms with Crippen molar-refractivity contribution < 1.29 is 18.7 Å². The minimum atomic E-state index is -0.476. The maximum absolute atomic E-state index is 13.0. The Hall–Kier alpha value is -2.69. The molecule has 2 aromatic rings. The van der Waals surface area contributed by atoms with E-state index in [-0.39, 0.29) is 18.1 Å². The molecule has 0 radical (unpaired) electrons. The van der Waals surface area contributed by atoms with E-state index in [4.69, 9.17) is 0 Å². The zero-order valence-electron chi connectivity index (χ0n) is 11.4. The zero-order chi connectivity index (χ0) is 15.2. The molecule has 4 nitrogen and oxygen atoms in total. The number of esters is 1. The Balaban J connectivity index is 2.04. The number of hydrogen-bond acceptors (Lipinski definition) is 3. The summed E-state index contributed by atoms with van der Waals surface area (Å²) in [6.07, 6.45) is 0.0558. The van der Waals surface area contributed by atoms with E-state index in [0.717, 1.165) is 0 Å². The number of rotatable bonds is 4. The molecule has 0 aliphatic rings. The fourth-order valence-electron chi connectivity index (χ4n) is 1.88. The van der Waals surface area contributed by atoms with Crippen LogP contribution < -0.4 is 5.32 Å². The van der Waals surface area contributed by atoms with Crippen LogP contribution >= 0.6 is 0 Å². The lowest BCUT2D eigenvalue weighted by molar-refractivity contribution is -0.115. The Morgan fingerprint density at radius 1 is 1.14 bits per heavy atom. The van der Waals surface area contributed by atoms with Gasteiger partial charge in [0.2, 0.25) is 5.91 Å². The van der Waals surface area contributed by atoms with Crippen LogP contribution in [0.4, 0.5) is 10.1 Å². The van der Waals surface area contributed by atoms with Crippen molar-refractivity contribution in [3.05, 3.63) is 65.5 Å². The van der Waals surface area contributed by atoms with Crippen molar-refractivity contribution in [3.63, 3.8) is 0 Å². The zero-order valence-corrected chi connectivity index (χ0v) is 11.4. The average molecular weight is 287 g/mol. The highest BCUT2D eigenvalue weighted by Crippen LogP contribution is 2.12. The molecule has 0 spiro atoms. The molecular formula is C16H14FNO3. The SMILES string of the molecule is COC(=O)c1cccc(NC(=O)Cc2cccc(F)c2)c1. The molecule has 0 heterocycles. The van der Waals surface area contributed by atoms with Crippen molar-refractivity contribution in [1.82, 2.24) is 0 Å². The molecule has 2 rings (SSSR count). The molecule has 2 aromatic carbocycles. The minimum absolute atomic E-state index is 0.0558. The van der Waals surface area contributed by atoms with Crippen LogP contribution in [0.3, 0.4) is 0 Å². The molecule has 0 saturated heterocycles. The van der Waals surface area contributed by atoms with Crippen molar-refractivity contribution in [1.29, 1.82) is 0 Å². The first-order chi connectivity index (χ1) is 10.1. The summed E-state index contributed by atoms with van der Waals surface area (Å²) < 4.78 is 17.7. The number of halogens is 1. The first-order valence-corrected chi connectivity index (χ1v) is 6.31. The van der Waals surface area contributed by atoms with Crippen molar-refractivity contribution in [2.75, 3.05) is 12.4 Å². The van der Waals surface area contributed by atoms with Crippen molar-refractivity contribution in [2.45, 2.75) is 6.42 Å². The molecular weight excluding hydrogens is 273 g/mol. The summed E-state index contributed by atoms with van der Waals surface area (Å²) in [6, 6.07) is 12.3. The van der Waals surface area contributed by atoms with Gasteiger partial charge in [-0.3, -0.25) is 4.79 Å². The Kier molecular flexibility index (Phi) is 4.66. The normalized spacial score (nSPS) is 10.0. The third kappa shape index (κ3) is 4.14. The van der Waals surface area contributed by atoms with E-state index in [9.17, 15) is 14.0 Å². The highest BCUT2D eigenvalue weighted by Gasteiger charge is 2.08. The fourth-order valence-corrected chi connectivity index (χ4v) is 1.88. The van der Waals surface area contributed by atoms with E-state index in [1.54, 1.807) is 30.3 Å². The quantitative estimate of drug-likeness (QED) is 0.880. The standard InChI is InChI=1S/C16H14FNO3/c1-21-16(20)12-5-3-7-14(10-12)18-15(19)9-11-4-2-6-13(17)8-11/h2-8,10H,9H2,1H3,(H,18,19). The van der Waals surface area contributed by atoms with Gasteiger partial charge in [-0.1, -0.05) is 18.2 Å². The molecule has 0 aliphatic heterocycles. The maximum Gasteiger partial charge on any atom is 0.337 e. The number of hydrogen-bond donors (Lipinski definition) is 1. The number of carbonyl (C=O) groups excluding carboxylic acids is 2. The molecule has 0 aliphatic carbocycles. The second kappa shape index (κ2) is 6.65. The number of benzene rings is 2. The van der Waals surface area contributed by atoms with E-state index in [1.165, 1.54) is 25.3 Å². The minimum Gasteiger partial charge on any atom is -0.465 e. The van der Waals surface area contributed by atoms with Crippen LogP contribution in [0.1, 0.15) is 15.9 Å². The monoisotopic (exact) mass is 287 g/mol. The van der Waals surface area contributed by atoms with Gasteiger partial charge in [0, 0.05) is 5.69 Å². The van der Waals surface area contributed by atoms with Crippen molar-refractivity contribution in [3.8, 4) is 0 Å². The summed E-state index contributed by atoms with van der Waals surface area (Å²) in [5, 5.41) is 2.66. The van der Waals surface area contributed by atoms with Crippen LogP contribution in [-0.4, -0.2) is 19.0 Å². The summed E-state index contributed by atoms with van der Waals surface area (Å²) >= 11 is 0. The number of anilines is 1. The predicted octanol–water partition coefficient (Wildman–Crippen LogP) is 2.79. The highest BCUT2D eigenvalue weighted by molar-refractivity contribution is 5.95. The van der Waals surface area contributed by atoms with Gasteiger partial charge < -0.3 is 10.1 Å². The molecule has 1 N–H and O–H groups in total. The molecule has 5 heteroatoms. The average Bonchev–Trinajstić information content (AvgIpc) is 2.46. The van der Waals surface area contributed by atoms with Crippen LogP contribution in [0.5, 0.6) is 0 Å². The molecule has 108 valence electrons. The lowest BCUT2D eigenvalue weighted by Gasteiger charge is -2.07. The molecule has 0 aromatic heterocycles. The smallest absolute Gasteiger partial charge is 0.337 e. The number of methoxy groups -OCH3 is 1. The summed E-state index contributed by atoms with van der Waals surface area (Å²) in [5.74, 6) is -1.15. The largest absolute Gasteiger partial charge is 0.465 e. The van der Waals surface area contributed by atoms with E-state index < -0.39 is 5.97 Å². The molecule has 0 unspecified atom stereocenters. The van der Waals surface area contributed by atoms with Crippen LogP contribution in [-0.2, 0) is 16.0 Å². The first kappa shape index (κ1) is 14.7. The van der Waals surface area contributed by atoms with E-state index in [0.29, 0.717) is 16.8 Å². The Bertz CT molecular complexity index is 670. The third-order valence-corrected chi connectivity index (χ3v) is 2.82. The summed E-state index contributed by atoms with van der Waals surface area (Å²) in [6.45, 7) is 0. The second-order valence-corrected chi connectivity index (χ2v) is 4.43. The molecule has 0 fully saturated rings. The van der Waals surface area contributed by atoms with E-state index in [2.05, 4.69) is 10.1 Å². The van der Waals surface area contributed by atoms with Crippen LogP contribution in [0.2, 0.25) is 0 Å². The van der Waals surface area contributed by atoms with Gasteiger partial charge in [-0.2, -0.15) is 0 Å². The van der Waals surface area contributed by atoms with Gasteiger partial charge in [0.1, 0.15) is 5.82 Å². The molecule has 0 bridgehead atoms. The van der Waals surface area contributed by atoms with Gasteiger partial charge >= 0.3 is 5.97 Å².